The topological polar surface area (TPSA) is 164 Å². The smallest absolute Gasteiger partial charge is 0.270 e. The van der Waals surface area contributed by atoms with Gasteiger partial charge in [-0.3, -0.25) is 19.2 Å². The molecule has 2 aromatic heterocycles. The van der Waals surface area contributed by atoms with E-state index in [1.54, 1.807) is 33.0 Å². The lowest BCUT2D eigenvalue weighted by Gasteiger charge is -2.44. The Bertz CT molecular complexity index is 3250. The van der Waals surface area contributed by atoms with Crippen molar-refractivity contribution < 1.29 is 38.1 Å². The molecule has 4 atom stereocenters. The maximum Gasteiger partial charge on any atom is 0.270 e. The summed E-state index contributed by atoms with van der Waals surface area (Å²) >= 11 is 0. The molecule has 4 amide bonds. The zero-order valence-corrected chi connectivity index (χ0v) is 55.1. The average molecular weight is 1190 g/mol. The highest BCUT2D eigenvalue weighted by Gasteiger charge is 2.31. The summed E-state index contributed by atoms with van der Waals surface area (Å²) in [5.74, 6) is 0.976. The number of nitrogens with one attached hydrogen (secondary N) is 3. The van der Waals surface area contributed by atoms with Crippen LogP contribution in [0.2, 0.25) is 0 Å². The van der Waals surface area contributed by atoms with E-state index >= 15 is 0 Å². The Morgan fingerprint density at radius 2 is 1.20 bits per heavy atom. The number of amides is 4. The number of likely N-dealkylation sites (N-methyl/N-ethyl adjacent to an activating group) is 1. The van der Waals surface area contributed by atoms with Gasteiger partial charge in [0.2, 0.25) is 0 Å². The molecular formula is C70H99N9O8. The third-order valence-electron chi connectivity index (χ3n) is 16.9. The van der Waals surface area contributed by atoms with Crippen LogP contribution in [0.4, 0.5) is 5.69 Å². The Balaban J connectivity index is 0.000000238. The van der Waals surface area contributed by atoms with E-state index in [9.17, 15) is 19.2 Å². The molecule has 4 heterocycles. The standard InChI is InChI=1S/C31H41N5O4.C29H35N3O4.C10H23N/c1-20-8-9-25(36-18-26(19-36)34(3)4)16-28(20)30(37)33-21(2)22-12-23(14-27(13-22)40-7)24-15-29(35(5)17-24)31(38)32-10-11-39-6;1-18-7-8-19(2)26(11-18)28(33)30-20(3)21-12-22(14-25(13-21)36-6)23-15-27(31(4)16-23)29(34)32-10-9-24(17-32)35-5;1-5-7-8-9-10(6-2)11(3)4/h8-9,12-17,21,26H,10-11,18-19H2,1-7H3,(H,32,38)(H,33,37);7-8,11-16,20,24H,9-10,17H2,1-6H3,(H,30,33);10H,5-9H2,1-4H3. The summed E-state index contributed by atoms with van der Waals surface area (Å²) in [5.41, 5.74) is 11.9. The third-order valence-corrected chi connectivity index (χ3v) is 16.9. The molecule has 6 aromatic rings. The summed E-state index contributed by atoms with van der Waals surface area (Å²) in [7, 11) is 18.8. The van der Waals surface area contributed by atoms with E-state index in [1.165, 1.54) is 32.1 Å². The van der Waals surface area contributed by atoms with E-state index in [2.05, 4.69) is 78.8 Å². The minimum atomic E-state index is -0.271. The van der Waals surface area contributed by atoms with Crippen molar-refractivity contribution in [1.82, 2.24) is 39.8 Å². The van der Waals surface area contributed by atoms with Gasteiger partial charge in [-0.1, -0.05) is 56.9 Å². The van der Waals surface area contributed by atoms with Crippen LogP contribution in [-0.2, 0) is 23.6 Å². The van der Waals surface area contributed by atoms with Crippen LogP contribution in [0.25, 0.3) is 22.3 Å². The Morgan fingerprint density at radius 3 is 1.70 bits per heavy atom. The molecule has 0 bridgehead atoms. The number of hydrogen-bond acceptors (Lipinski definition) is 11. The van der Waals surface area contributed by atoms with E-state index in [0.29, 0.717) is 66.3 Å². The van der Waals surface area contributed by atoms with Gasteiger partial charge in [-0.25, -0.2) is 0 Å². The second-order valence-electron chi connectivity index (χ2n) is 23.8. The number of carbonyl (C=O) groups is 4. The van der Waals surface area contributed by atoms with Gasteiger partial charge >= 0.3 is 0 Å². The molecule has 87 heavy (non-hydrogen) atoms. The summed E-state index contributed by atoms with van der Waals surface area (Å²) in [4.78, 5) is 60.9. The molecule has 2 aliphatic heterocycles. The first-order valence-corrected chi connectivity index (χ1v) is 30.7. The number of aromatic nitrogens is 2. The normalized spacial score (nSPS) is 15.0. The van der Waals surface area contributed by atoms with Crippen molar-refractivity contribution in [2.24, 2.45) is 14.1 Å². The van der Waals surface area contributed by atoms with Crippen LogP contribution in [0.3, 0.4) is 0 Å². The second-order valence-corrected chi connectivity index (χ2v) is 23.8. The van der Waals surface area contributed by atoms with Crippen LogP contribution in [0.5, 0.6) is 11.5 Å². The van der Waals surface area contributed by atoms with Gasteiger partial charge in [-0.05, 0) is 182 Å². The van der Waals surface area contributed by atoms with Gasteiger partial charge in [-0.15, -0.1) is 0 Å². The number of anilines is 1. The number of ether oxygens (including phenoxy) is 4. The van der Waals surface area contributed by atoms with Crippen LogP contribution >= 0.6 is 0 Å². The molecule has 0 saturated carbocycles. The number of benzene rings is 4. The molecular weight excluding hydrogens is 1090 g/mol. The van der Waals surface area contributed by atoms with Crippen molar-refractivity contribution in [3.8, 4) is 33.8 Å². The fourth-order valence-electron chi connectivity index (χ4n) is 11.0. The summed E-state index contributed by atoms with van der Waals surface area (Å²) in [6.45, 7) is 18.4. The van der Waals surface area contributed by atoms with Crippen molar-refractivity contribution >= 4 is 29.3 Å². The fraction of sp³-hybridized carbons (Fsp3) is 0.486. The quantitative estimate of drug-likeness (QED) is 0.0494. The van der Waals surface area contributed by atoms with Crippen LogP contribution < -0.4 is 30.3 Å². The lowest BCUT2D eigenvalue weighted by atomic mass is 9.99. The van der Waals surface area contributed by atoms with Crippen molar-refractivity contribution in [1.29, 1.82) is 0 Å². The average Bonchev–Trinajstić information content (AvgIpc) is 2.97. The predicted molar refractivity (Wildman–Crippen MR) is 351 cm³/mol. The van der Waals surface area contributed by atoms with E-state index in [-0.39, 0.29) is 41.8 Å². The molecule has 3 N–H and O–H groups in total. The lowest BCUT2D eigenvalue weighted by Crippen LogP contribution is -2.57. The summed E-state index contributed by atoms with van der Waals surface area (Å²) < 4.78 is 25.3. The number of aryl methyl sites for hydroxylation is 5. The highest BCUT2D eigenvalue weighted by Crippen LogP contribution is 2.33. The zero-order chi connectivity index (χ0) is 63.6. The first-order valence-electron chi connectivity index (χ1n) is 30.7. The first kappa shape index (κ1) is 68.7. The van der Waals surface area contributed by atoms with Crippen molar-refractivity contribution in [3.63, 3.8) is 0 Å². The molecule has 2 fully saturated rings. The number of unbranched alkanes of at least 4 members (excludes halogenated alkanes) is 2. The predicted octanol–water partition coefficient (Wildman–Crippen LogP) is 11.2. The monoisotopic (exact) mass is 1190 g/mol. The molecule has 0 radical (unpaired) electrons. The number of methoxy groups -OCH3 is 4. The van der Waals surface area contributed by atoms with E-state index in [1.807, 2.05) is 149 Å². The number of rotatable bonds is 24. The summed E-state index contributed by atoms with van der Waals surface area (Å²) in [6, 6.07) is 28.4. The van der Waals surface area contributed by atoms with Gasteiger partial charge in [0.1, 0.15) is 22.9 Å². The third kappa shape index (κ3) is 18.5. The van der Waals surface area contributed by atoms with E-state index < -0.39 is 0 Å². The van der Waals surface area contributed by atoms with Gasteiger partial charge in [0, 0.05) is 113 Å². The minimum absolute atomic E-state index is 0.000533. The summed E-state index contributed by atoms with van der Waals surface area (Å²) in [5, 5.41) is 9.16. The van der Waals surface area contributed by atoms with Crippen LogP contribution in [0.1, 0.15) is 148 Å². The molecule has 17 nitrogen and oxygen atoms in total. The molecule has 0 aliphatic carbocycles. The van der Waals surface area contributed by atoms with Gasteiger partial charge in [-0.2, -0.15) is 0 Å². The first-order chi connectivity index (χ1) is 41.5. The van der Waals surface area contributed by atoms with Crippen LogP contribution in [0.15, 0.2) is 97.3 Å². The van der Waals surface area contributed by atoms with E-state index in [4.69, 9.17) is 18.9 Å². The Hall–Kier alpha value is -7.44. The fourth-order valence-corrected chi connectivity index (χ4v) is 11.0. The Morgan fingerprint density at radius 1 is 0.644 bits per heavy atom. The van der Waals surface area contributed by atoms with Gasteiger partial charge in [0.15, 0.2) is 0 Å². The molecule has 0 spiro atoms. The van der Waals surface area contributed by atoms with Crippen LogP contribution in [-0.4, -0.2) is 162 Å². The molecule has 4 unspecified atom stereocenters. The number of carbonyl (C=O) groups excluding carboxylic acids is 4. The van der Waals surface area contributed by atoms with Gasteiger partial charge in [0.25, 0.3) is 23.6 Å². The zero-order valence-electron chi connectivity index (χ0n) is 55.1. The molecule has 2 aliphatic rings. The molecule has 17 heteroatoms. The van der Waals surface area contributed by atoms with Crippen molar-refractivity contribution in [2.45, 2.75) is 117 Å². The second kappa shape index (κ2) is 32.5. The molecule has 472 valence electrons. The Kier molecular flexibility index (Phi) is 25.7. The highest BCUT2D eigenvalue weighted by molar-refractivity contribution is 5.98. The number of nitrogens with zero attached hydrogens (tertiary/aromatic N) is 6. The summed E-state index contributed by atoms with van der Waals surface area (Å²) in [6.07, 6.45) is 11.6. The van der Waals surface area contributed by atoms with Gasteiger partial charge in [0.05, 0.1) is 39.0 Å². The van der Waals surface area contributed by atoms with E-state index in [0.717, 1.165) is 81.3 Å². The lowest BCUT2D eigenvalue weighted by molar-refractivity contribution is 0.0715. The maximum atomic E-state index is 13.4. The number of likely N-dealkylation sites (tertiary alicyclic amines) is 1. The SMILES string of the molecule is CCCCCC(CC)N(C)C.COCCNC(=O)c1cc(-c2cc(OC)cc(C(C)NC(=O)c3cc(N4CC(N(C)C)C4)ccc3C)c2)cn1C.COc1cc(-c2cc(C(=O)N3CCC(OC)C3)n(C)c2)cc(C(C)NC(=O)c2cc(C)ccc2C)c1. The Labute approximate surface area is 518 Å². The van der Waals surface area contributed by atoms with Crippen molar-refractivity contribution in [2.75, 3.05) is 101 Å². The minimum Gasteiger partial charge on any atom is -0.497 e. The largest absolute Gasteiger partial charge is 0.497 e. The number of hydrogen-bond donors (Lipinski definition) is 3. The molecule has 8 rings (SSSR count). The highest BCUT2D eigenvalue weighted by atomic mass is 16.5. The molecule has 4 aromatic carbocycles. The van der Waals surface area contributed by atoms with Crippen LogP contribution in [0, 0.1) is 20.8 Å². The van der Waals surface area contributed by atoms with Gasteiger partial charge < -0.3 is 63.6 Å². The maximum absolute atomic E-state index is 13.4. The van der Waals surface area contributed by atoms with Crippen molar-refractivity contribution in [3.05, 3.63) is 148 Å². The molecule has 2 saturated heterocycles.